The Morgan fingerprint density at radius 3 is 2.68 bits per heavy atom. The Labute approximate surface area is 189 Å². The van der Waals surface area contributed by atoms with Gasteiger partial charge in [0, 0.05) is 19.2 Å². The van der Waals surface area contributed by atoms with Gasteiger partial charge in [0.1, 0.15) is 12.8 Å². The topological polar surface area (TPSA) is 99.7 Å². The molecular formula is C22H37ClFN3O4. The molecule has 1 aliphatic heterocycles. The summed E-state index contributed by atoms with van der Waals surface area (Å²) in [4.78, 5) is 22.7. The van der Waals surface area contributed by atoms with Gasteiger partial charge in [-0.3, -0.25) is 9.59 Å². The van der Waals surface area contributed by atoms with Crippen LogP contribution in [0.4, 0.5) is 4.39 Å². The molecule has 2 amide bonds. The van der Waals surface area contributed by atoms with Gasteiger partial charge in [-0.2, -0.15) is 0 Å². The molecule has 0 aromatic heterocycles. The number of alkyl halides is 2. The second kappa shape index (κ2) is 15.3. The molecule has 0 spiro atoms. The van der Waals surface area contributed by atoms with Crippen LogP contribution in [0.15, 0.2) is 24.4 Å². The summed E-state index contributed by atoms with van der Waals surface area (Å²) in [5, 5.41) is 16.8. The summed E-state index contributed by atoms with van der Waals surface area (Å²) < 4.78 is 18.4. The van der Waals surface area contributed by atoms with Crippen LogP contribution in [-0.2, 0) is 14.3 Å². The van der Waals surface area contributed by atoms with Crippen LogP contribution in [0, 0.1) is 5.92 Å². The van der Waals surface area contributed by atoms with Crippen molar-refractivity contribution in [3.63, 3.8) is 0 Å². The van der Waals surface area contributed by atoms with E-state index in [4.69, 9.17) is 21.4 Å². The molecule has 1 saturated heterocycles. The van der Waals surface area contributed by atoms with Gasteiger partial charge in [0.25, 0.3) is 0 Å². The average molecular weight is 462 g/mol. The molecule has 0 bridgehead atoms. The van der Waals surface area contributed by atoms with Crippen LogP contribution in [0.5, 0.6) is 0 Å². The average Bonchev–Trinajstić information content (AvgIpc) is 2.78. The maximum atomic E-state index is 13.1. The van der Waals surface area contributed by atoms with E-state index in [0.29, 0.717) is 18.8 Å². The number of carbonyl (C=O) groups is 2. The highest BCUT2D eigenvalue weighted by atomic mass is 35.5. The molecule has 9 heteroatoms. The summed E-state index contributed by atoms with van der Waals surface area (Å²) in [7, 11) is 1.54. The number of ether oxygens (including phenoxy) is 1. The molecule has 1 heterocycles. The number of hydrogen-bond donors (Lipinski definition) is 4. The molecule has 1 aliphatic carbocycles. The second-order valence-electron chi connectivity index (χ2n) is 7.80. The van der Waals surface area contributed by atoms with Crippen molar-refractivity contribution in [2.75, 3.05) is 26.8 Å². The Kier molecular flexibility index (Phi) is 13.6. The Morgan fingerprint density at radius 2 is 2.06 bits per heavy atom. The predicted molar refractivity (Wildman–Crippen MR) is 121 cm³/mol. The molecule has 0 radical (unpaired) electrons. The van der Waals surface area contributed by atoms with E-state index in [1.54, 1.807) is 13.1 Å². The first-order valence-corrected chi connectivity index (χ1v) is 11.3. The number of amides is 2. The number of aliphatic hydroxyl groups excluding tert-OH is 1. The Morgan fingerprint density at radius 1 is 1.32 bits per heavy atom. The normalized spacial score (nSPS) is 28.4. The lowest BCUT2D eigenvalue weighted by atomic mass is 9.91. The highest BCUT2D eigenvalue weighted by Crippen LogP contribution is 2.27. The van der Waals surface area contributed by atoms with Crippen LogP contribution in [-0.4, -0.2) is 67.4 Å². The zero-order valence-corrected chi connectivity index (χ0v) is 19.3. The van der Waals surface area contributed by atoms with Crippen molar-refractivity contribution in [1.82, 2.24) is 16.0 Å². The number of halogens is 2. The fraction of sp³-hybridized carbons (Fsp3) is 0.727. The van der Waals surface area contributed by atoms with Crippen molar-refractivity contribution in [2.24, 2.45) is 5.92 Å². The highest BCUT2D eigenvalue weighted by Gasteiger charge is 2.29. The van der Waals surface area contributed by atoms with Gasteiger partial charge in [0.05, 0.1) is 24.1 Å². The molecule has 2 aliphatic rings. The largest absolute Gasteiger partial charge is 0.392 e. The summed E-state index contributed by atoms with van der Waals surface area (Å²) in [6.45, 7) is 6.63. The molecule has 1 saturated carbocycles. The Bertz CT molecular complexity index is 605. The lowest BCUT2D eigenvalue weighted by molar-refractivity contribution is -0.128. The van der Waals surface area contributed by atoms with Gasteiger partial charge < -0.3 is 25.8 Å². The molecule has 0 aromatic carbocycles. The quantitative estimate of drug-likeness (QED) is 0.328. The number of carbonyl (C=O) groups excluding carboxylic acids is 2. The van der Waals surface area contributed by atoms with E-state index in [9.17, 15) is 14.0 Å². The zero-order chi connectivity index (χ0) is 23.2. The molecule has 2 fully saturated rings. The Balaban J connectivity index is 0.000000316. The third-order valence-electron chi connectivity index (χ3n) is 5.38. The lowest BCUT2D eigenvalue weighted by Crippen LogP contribution is -2.48. The van der Waals surface area contributed by atoms with Gasteiger partial charge in [-0.25, -0.2) is 4.39 Å². The van der Waals surface area contributed by atoms with E-state index in [1.807, 2.05) is 13.0 Å². The Hall–Kier alpha value is -1.48. The molecule has 7 nitrogen and oxygen atoms in total. The minimum Gasteiger partial charge on any atom is -0.392 e. The van der Waals surface area contributed by atoms with Crippen LogP contribution < -0.4 is 16.0 Å². The van der Waals surface area contributed by atoms with Gasteiger partial charge in [-0.05, 0) is 44.6 Å². The number of allylic oxidation sites excluding steroid dienone is 2. The number of hydrogen-bond acceptors (Lipinski definition) is 5. The third kappa shape index (κ3) is 11.1. The van der Waals surface area contributed by atoms with Gasteiger partial charge in [0.15, 0.2) is 0 Å². The van der Waals surface area contributed by atoms with E-state index in [0.717, 1.165) is 37.9 Å². The van der Waals surface area contributed by atoms with E-state index in [2.05, 4.69) is 22.5 Å². The van der Waals surface area contributed by atoms with Gasteiger partial charge in [0.2, 0.25) is 11.8 Å². The summed E-state index contributed by atoms with van der Waals surface area (Å²) in [5.41, 5.74) is 0.754. The first kappa shape index (κ1) is 27.6. The fourth-order valence-electron chi connectivity index (χ4n) is 3.38. The molecular weight excluding hydrogens is 425 g/mol. The first-order valence-electron chi connectivity index (χ1n) is 10.9. The van der Waals surface area contributed by atoms with E-state index >= 15 is 0 Å². The summed E-state index contributed by atoms with van der Waals surface area (Å²) in [5.74, 6) is 0.182. The van der Waals surface area contributed by atoms with E-state index in [-0.39, 0.29) is 37.2 Å². The maximum Gasteiger partial charge on any atom is 0.245 e. The van der Waals surface area contributed by atoms with Crippen molar-refractivity contribution >= 4 is 23.4 Å². The number of likely N-dealkylation sites (N-methyl/N-ethyl adjacent to an activating group) is 1. The molecule has 5 unspecified atom stereocenters. The zero-order valence-electron chi connectivity index (χ0n) is 18.5. The second-order valence-corrected chi connectivity index (χ2v) is 8.36. The molecule has 4 N–H and O–H groups in total. The maximum absolute atomic E-state index is 13.1. The minimum atomic E-state index is -1.01. The smallest absolute Gasteiger partial charge is 0.245 e. The van der Waals surface area contributed by atoms with Crippen LogP contribution >= 0.6 is 11.6 Å². The van der Waals surface area contributed by atoms with Crippen LogP contribution in [0.1, 0.15) is 45.4 Å². The fourth-order valence-corrected chi connectivity index (χ4v) is 3.61. The molecule has 5 atom stereocenters. The number of aliphatic hydroxyl groups is 1. The molecule has 0 aromatic rings. The third-order valence-corrected chi connectivity index (χ3v) is 5.87. The van der Waals surface area contributed by atoms with Crippen LogP contribution in [0.2, 0.25) is 0 Å². The van der Waals surface area contributed by atoms with E-state index in [1.165, 1.54) is 0 Å². The standard InChI is InChI=1S/C13H22N2O2.C9H15ClFNO2/c1-3-10(2)15-13(17)12-9-11(5-4-8-16)6-7-14-12;1-12-9(13)5-14-6-2-3-7(10)8(11)4-6/h4-5,11-12,14,16H,2-3,6-9H2,1H3,(H,15,17);6-8H,2-5H2,1H3,(H,12,13)/b5-4+;. The summed E-state index contributed by atoms with van der Waals surface area (Å²) >= 11 is 5.71. The molecule has 31 heavy (non-hydrogen) atoms. The van der Waals surface area contributed by atoms with Crippen LogP contribution in [0.3, 0.4) is 0 Å². The van der Waals surface area contributed by atoms with Crippen molar-refractivity contribution < 1.29 is 23.8 Å². The minimum absolute atomic E-state index is 0.000832. The first-order chi connectivity index (χ1) is 14.8. The highest BCUT2D eigenvalue weighted by molar-refractivity contribution is 6.21. The summed E-state index contributed by atoms with van der Waals surface area (Å²) in [6.07, 6.45) is 6.74. The van der Waals surface area contributed by atoms with Crippen molar-refractivity contribution in [2.45, 2.75) is 69.1 Å². The van der Waals surface area contributed by atoms with Gasteiger partial charge >= 0.3 is 0 Å². The van der Waals surface area contributed by atoms with Gasteiger partial charge in [-0.15, -0.1) is 11.6 Å². The van der Waals surface area contributed by atoms with Crippen molar-refractivity contribution in [3.05, 3.63) is 24.4 Å². The lowest BCUT2D eigenvalue weighted by Gasteiger charge is -2.28. The van der Waals surface area contributed by atoms with Crippen molar-refractivity contribution in [1.29, 1.82) is 0 Å². The van der Waals surface area contributed by atoms with Crippen LogP contribution in [0.25, 0.3) is 0 Å². The SMILES string of the molecule is C=C(CC)NC(=O)C1CC(/C=C/CO)CCN1.CNC(=O)COC1CCC(Cl)C(F)C1. The summed E-state index contributed by atoms with van der Waals surface area (Å²) in [6, 6.07) is -0.152. The van der Waals surface area contributed by atoms with E-state index < -0.39 is 11.5 Å². The number of nitrogens with one attached hydrogen (secondary N) is 3. The number of rotatable bonds is 8. The number of piperidine rings is 1. The molecule has 178 valence electrons. The predicted octanol–water partition coefficient (Wildman–Crippen LogP) is 2.19. The molecule has 2 rings (SSSR count). The monoisotopic (exact) mass is 461 g/mol. The van der Waals surface area contributed by atoms with Crippen molar-refractivity contribution in [3.8, 4) is 0 Å². The van der Waals surface area contributed by atoms with Gasteiger partial charge in [-0.1, -0.05) is 25.7 Å².